The number of benzene rings is 3. The first kappa shape index (κ1) is 23.8. The van der Waals surface area contributed by atoms with E-state index in [1.54, 1.807) is 54.6 Å². The zero-order valence-corrected chi connectivity index (χ0v) is 19.1. The van der Waals surface area contributed by atoms with Crippen LogP contribution >= 0.6 is 0 Å². The molecule has 3 aromatic carbocycles. The number of nitrogens with zero attached hydrogens (tertiary/aromatic N) is 2. The fraction of sp³-hybridized carbons (Fsp3) is 0.0385. The van der Waals surface area contributed by atoms with Gasteiger partial charge in [-0.1, -0.05) is 42.5 Å². The molecule has 0 unspecified atom stereocenters. The standard InChI is InChI=1S/C26H19FN4O3S/c27-21-10-6-19(7-11-21)25-23(17-8-12-22(13-9-17)35(29,33)34)14-20(15-28)26(31-25)30-16-24(32)18-4-2-1-3-5-18/h1-14H,16H2,(H,30,31)(H2,29,33,34). The van der Waals surface area contributed by atoms with Crippen LogP contribution in [0.25, 0.3) is 22.4 Å². The van der Waals surface area contributed by atoms with Gasteiger partial charge in [-0.15, -0.1) is 0 Å². The smallest absolute Gasteiger partial charge is 0.238 e. The topological polar surface area (TPSA) is 126 Å². The summed E-state index contributed by atoms with van der Waals surface area (Å²) in [5.41, 5.74) is 2.79. The number of nitrogens with one attached hydrogen (secondary N) is 1. The number of rotatable bonds is 7. The number of halogens is 1. The number of pyridine rings is 1. The molecule has 0 spiro atoms. The number of ketones is 1. The van der Waals surface area contributed by atoms with Gasteiger partial charge < -0.3 is 5.32 Å². The van der Waals surface area contributed by atoms with Crippen LogP contribution in [-0.4, -0.2) is 25.7 Å². The highest BCUT2D eigenvalue weighted by Crippen LogP contribution is 2.34. The van der Waals surface area contributed by atoms with Crippen LogP contribution in [0.15, 0.2) is 89.8 Å². The van der Waals surface area contributed by atoms with Crippen molar-refractivity contribution in [2.24, 2.45) is 5.14 Å². The quantitative estimate of drug-likeness (QED) is 0.374. The van der Waals surface area contributed by atoms with Crippen LogP contribution in [0, 0.1) is 17.1 Å². The molecular formula is C26H19FN4O3S. The lowest BCUT2D eigenvalue weighted by Gasteiger charge is -2.15. The maximum Gasteiger partial charge on any atom is 0.238 e. The van der Waals surface area contributed by atoms with E-state index >= 15 is 0 Å². The summed E-state index contributed by atoms with van der Waals surface area (Å²) in [6.45, 7) is -0.0864. The molecule has 9 heteroatoms. The zero-order chi connectivity index (χ0) is 25.0. The highest BCUT2D eigenvalue weighted by molar-refractivity contribution is 7.89. The lowest BCUT2D eigenvalue weighted by molar-refractivity contribution is 0.101. The molecule has 0 saturated carbocycles. The van der Waals surface area contributed by atoms with E-state index in [0.29, 0.717) is 27.9 Å². The fourth-order valence-electron chi connectivity index (χ4n) is 3.50. The third-order valence-corrected chi connectivity index (χ3v) is 6.20. The van der Waals surface area contributed by atoms with Crippen molar-refractivity contribution in [1.82, 2.24) is 4.98 Å². The van der Waals surface area contributed by atoms with Crippen molar-refractivity contribution in [3.8, 4) is 28.5 Å². The zero-order valence-electron chi connectivity index (χ0n) is 18.3. The van der Waals surface area contributed by atoms with Crippen LogP contribution in [0.4, 0.5) is 10.2 Å². The van der Waals surface area contributed by atoms with Crippen LogP contribution in [0.2, 0.25) is 0 Å². The molecule has 0 radical (unpaired) electrons. The summed E-state index contributed by atoms with van der Waals surface area (Å²) in [7, 11) is -3.88. The van der Waals surface area contributed by atoms with Gasteiger partial charge in [-0.2, -0.15) is 5.26 Å². The molecule has 0 fully saturated rings. The molecule has 0 aliphatic heterocycles. The molecule has 174 valence electrons. The molecule has 3 N–H and O–H groups in total. The Morgan fingerprint density at radius 1 is 0.971 bits per heavy atom. The van der Waals surface area contributed by atoms with E-state index in [0.717, 1.165) is 0 Å². The van der Waals surface area contributed by atoms with Crippen molar-refractivity contribution in [3.63, 3.8) is 0 Å². The number of nitrogens with two attached hydrogens (primary N) is 1. The van der Waals surface area contributed by atoms with Crippen molar-refractivity contribution >= 4 is 21.6 Å². The summed E-state index contributed by atoms with van der Waals surface area (Å²) in [5.74, 6) is -0.406. The minimum Gasteiger partial charge on any atom is -0.361 e. The Balaban J connectivity index is 1.78. The molecule has 4 rings (SSSR count). The average molecular weight is 487 g/mol. The summed E-state index contributed by atoms with van der Waals surface area (Å²) in [6, 6.07) is 23.9. The minimum atomic E-state index is -3.88. The minimum absolute atomic E-state index is 0.0595. The molecule has 0 aliphatic rings. The number of hydrogen-bond acceptors (Lipinski definition) is 6. The van der Waals surface area contributed by atoms with Gasteiger partial charge in [0.1, 0.15) is 17.7 Å². The van der Waals surface area contributed by atoms with Crippen LogP contribution in [0.1, 0.15) is 15.9 Å². The predicted octanol–water partition coefficient (Wildman–Crippen LogP) is 4.37. The van der Waals surface area contributed by atoms with Crippen LogP contribution in [-0.2, 0) is 10.0 Å². The molecule has 1 heterocycles. The van der Waals surface area contributed by atoms with Gasteiger partial charge in [0.25, 0.3) is 0 Å². The number of carbonyl (C=O) groups excluding carboxylic acids is 1. The van der Waals surface area contributed by atoms with Crippen molar-refractivity contribution < 1.29 is 17.6 Å². The monoisotopic (exact) mass is 486 g/mol. The van der Waals surface area contributed by atoms with Gasteiger partial charge in [-0.05, 0) is 48.0 Å². The highest BCUT2D eigenvalue weighted by atomic mass is 32.2. The molecule has 0 atom stereocenters. The van der Waals surface area contributed by atoms with Crippen LogP contribution in [0.3, 0.4) is 0 Å². The number of primary sulfonamides is 1. The summed E-state index contributed by atoms with van der Waals surface area (Å²) in [6.07, 6.45) is 0. The third kappa shape index (κ3) is 5.41. The van der Waals surface area contributed by atoms with Crippen LogP contribution < -0.4 is 10.5 Å². The van der Waals surface area contributed by atoms with Crippen molar-refractivity contribution in [2.75, 3.05) is 11.9 Å². The summed E-state index contributed by atoms with van der Waals surface area (Å²) in [5, 5.41) is 17.9. The number of nitriles is 1. The van der Waals surface area contributed by atoms with E-state index in [4.69, 9.17) is 5.14 Å². The SMILES string of the molecule is N#Cc1cc(-c2ccc(S(N)(=O)=O)cc2)c(-c2ccc(F)cc2)nc1NCC(=O)c1ccccc1. The lowest BCUT2D eigenvalue weighted by Crippen LogP contribution is -2.16. The highest BCUT2D eigenvalue weighted by Gasteiger charge is 2.17. The van der Waals surface area contributed by atoms with Crippen molar-refractivity contribution in [3.05, 3.63) is 102 Å². The second-order valence-electron chi connectivity index (χ2n) is 7.61. The van der Waals surface area contributed by atoms with Gasteiger partial charge in [0.15, 0.2) is 5.78 Å². The molecule has 1 aromatic heterocycles. The number of aromatic nitrogens is 1. The Morgan fingerprint density at radius 2 is 1.60 bits per heavy atom. The van der Waals surface area contributed by atoms with E-state index in [-0.39, 0.29) is 28.6 Å². The Bertz CT molecular complexity index is 1530. The first-order valence-corrected chi connectivity index (χ1v) is 12.0. The molecular weight excluding hydrogens is 467 g/mol. The number of anilines is 1. The average Bonchev–Trinajstić information content (AvgIpc) is 2.87. The summed E-state index contributed by atoms with van der Waals surface area (Å²) in [4.78, 5) is 17.1. The number of Topliss-reactive ketones (excluding diaryl/α,β-unsaturated/α-hetero) is 1. The number of hydrogen-bond donors (Lipinski definition) is 2. The van der Waals surface area contributed by atoms with Gasteiger partial charge in [-0.3, -0.25) is 4.79 Å². The van der Waals surface area contributed by atoms with E-state index in [1.807, 2.05) is 6.07 Å². The Hall–Kier alpha value is -4.39. The fourth-order valence-corrected chi connectivity index (χ4v) is 4.01. The predicted molar refractivity (Wildman–Crippen MR) is 130 cm³/mol. The molecule has 0 aliphatic carbocycles. The van der Waals surface area contributed by atoms with Crippen LogP contribution in [0.5, 0.6) is 0 Å². The lowest BCUT2D eigenvalue weighted by atomic mass is 9.97. The molecule has 35 heavy (non-hydrogen) atoms. The first-order chi connectivity index (χ1) is 16.8. The third-order valence-electron chi connectivity index (χ3n) is 5.27. The molecule has 4 aromatic rings. The second-order valence-corrected chi connectivity index (χ2v) is 9.17. The van der Waals surface area contributed by atoms with Crippen molar-refractivity contribution in [1.29, 1.82) is 5.26 Å². The Kier molecular flexibility index (Phi) is 6.68. The first-order valence-electron chi connectivity index (χ1n) is 10.4. The number of carbonyl (C=O) groups is 1. The Morgan fingerprint density at radius 3 is 2.20 bits per heavy atom. The van der Waals surface area contributed by atoms with E-state index in [1.165, 1.54) is 24.3 Å². The molecule has 7 nitrogen and oxygen atoms in total. The van der Waals surface area contributed by atoms with Gasteiger partial charge in [0.2, 0.25) is 10.0 Å². The van der Waals surface area contributed by atoms with E-state index in [9.17, 15) is 22.9 Å². The largest absolute Gasteiger partial charge is 0.361 e. The summed E-state index contributed by atoms with van der Waals surface area (Å²) < 4.78 is 36.8. The second kappa shape index (κ2) is 9.85. The maximum absolute atomic E-state index is 13.6. The molecule has 0 bridgehead atoms. The van der Waals surface area contributed by atoms with Gasteiger partial charge >= 0.3 is 0 Å². The molecule has 0 saturated heterocycles. The van der Waals surface area contributed by atoms with Gasteiger partial charge in [-0.25, -0.2) is 22.9 Å². The van der Waals surface area contributed by atoms with Gasteiger partial charge in [0.05, 0.1) is 22.7 Å². The Labute approximate surface area is 201 Å². The summed E-state index contributed by atoms with van der Waals surface area (Å²) >= 11 is 0. The van der Waals surface area contributed by atoms with Crippen molar-refractivity contribution in [2.45, 2.75) is 4.90 Å². The van der Waals surface area contributed by atoms with E-state index in [2.05, 4.69) is 16.4 Å². The van der Waals surface area contributed by atoms with Gasteiger partial charge in [0, 0.05) is 16.7 Å². The maximum atomic E-state index is 13.6. The normalized spacial score (nSPS) is 11.0. The molecule has 0 amide bonds. The number of sulfonamides is 1. The van der Waals surface area contributed by atoms with E-state index < -0.39 is 15.8 Å².